The molecule has 7 nitrogen and oxygen atoms in total. The first-order valence-corrected chi connectivity index (χ1v) is 10.6. The quantitative estimate of drug-likeness (QED) is 0.538. The molecule has 7 heteroatoms. The molecule has 31 heavy (non-hydrogen) atoms. The lowest BCUT2D eigenvalue weighted by Gasteiger charge is -2.17. The zero-order valence-corrected chi connectivity index (χ0v) is 19.1. The zero-order valence-electron chi connectivity index (χ0n) is 19.1. The van der Waals surface area contributed by atoms with E-state index in [1.165, 1.54) is 11.1 Å². The molecule has 2 unspecified atom stereocenters. The van der Waals surface area contributed by atoms with Crippen LogP contribution in [0.3, 0.4) is 0 Å². The first-order chi connectivity index (χ1) is 14.9. The van der Waals surface area contributed by atoms with Gasteiger partial charge in [0.2, 0.25) is 11.8 Å². The highest BCUT2D eigenvalue weighted by Crippen LogP contribution is 2.60. The second-order valence-electron chi connectivity index (χ2n) is 8.45. The van der Waals surface area contributed by atoms with Crippen LogP contribution in [0.4, 0.5) is 0 Å². The second kappa shape index (κ2) is 8.21. The van der Waals surface area contributed by atoms with Gasteiger partial charge in [-0.2, -0.15) is 4.98 Å². The van der Waals surface area contributed by atoms with E-state index in [2.05, 4.69) is 47.1 Å². The summed E-state index contributed by atoms with van der Waals surface area (Å²) in [4.78, 5) is 8.95. The fourth-order valence-electron chi connectivity index (χ4n) is 4.17. The maximum atomic E-state index is 6.31. The SMILES string of the molecule is CCc1cc(OC)ccc1C1CC1(C)COc1nc(C)ncc1-c1cc(OC)nn1C. The third-order valence-electron chi connectivity index (χ3n) is 6.21. The molecule has 1 aromatic carbocycles. The van der Waals surface area contributed by atoms with Gasteiger partial charge in [0.25, 0.3) is 0 Å². The van der Waals surface area contributed by atoms with E-state index in [0.717, 1.165) is 29.8 Å². The van der Waals surface area contributed by atoms with Gasteiger partial charge in [0, 0.05) is 24.7 Å². The van der Waals surface area contributed by atoms with Crippen molar-refractivity contribution < 1.29 is 14.2 Å². The monoisotopic (exact) mass is 422 g/mol. The minimum atomic E-state index is 0.0682. The number of aryl methyl sites for hydroxylation is 3. The van der Waals surface area contributed by atoms with Gasteiger partial charge in [-0.25, -0.2) is 4.98 Å². The number of ether oxygens (including phenoxy) is 3. The van der Waals surface area contributed by atoms with Gasteiger partial charge >= 0.3 is 0 Å². The van der Waals surface area contributed by atoms with Crippen LogP contribution in [0, 0.1) is 12.3 Å². The molecule has 2 atom stereocenters. The van der Waals surface area contributed by atoms with Crippen LogP contribution in [0.25, 0.3) is 11.3 Å². The van der Waals surface area contributed by atoms with Crippen molar-refractivity contribution in [3.8, 4) is 28.8 Å². The van der Waals surface area contributed by atoms with Crippen molar-refractivity contribution in [2.45, 2.75) is 39.5 Å². The summed E-state index contributed by atoms with van der Waals surface area (Å²) in [5, 5.41) is 4.35. The molecule has 0 spiro atoms. The van der Waals surface area contributed by atoms with Crippen LogP contribution in [0.15, 0.2) is 30.5 Å². The number of methoxy groups -OCH3 is 2. The van der Waals surface area contributed by atoms with Crippen molar-refractivity contribution in [1.29, 1.82) is 0 Å². The molecule has 0 saturated heterocycles. The van der Waals surface area contributed by atoms with Crippen LogP contribution >= 0.6 is 0 Å². The molecule has 2 heterocycles. The predicted octanol–water partition coefficient (Wildman–Crippen LogP) is 4.34. The minimum Gasteiger partial charge on any atom is -0.497 e. The van der Waals surface area contributed by atoms with E-state index in [0.29, 0.717) is 30.1 Å². The Balaban J connectivity index is 1.55. The average Bonchev–Trinajstić information content (AvgIpc) is 3.30. The van der Waals surface area contributed by atoms with E-state index >= 15 is 0 Å². The van der Waals surface area contributed by atoms with Crippen molar-refractivity contribution in [2.24, 2.45) is 12.5 Å². The van der Waals surface area contributed by atoms with Gasteiger partial charge in [0.05, 0.1) is 32.1 Å². The zero-order chi connectivity index (χ0) is 22.2. The topological polar surface area (TPSA) is 71.3 Å². The summed E-state index contributed by atoms with van der Waals surface area (Å²) in [5.41, 5.74) is 4.47. The predicted molar refractivity (Wildman–Crippen MR) is 119 cm³/mol. The van der Waals surface area contributed by atoms with Crippen LogP contribution in [0.1, 0.15) is 43.1 Å². The Labute approximate surface area is 183 Å². The lowest BCUT2D eigenvalue weighted by atomic mass is 9.96. The third-order valence-corrected chi connectivity index (χ3v) is 6.21. The molecule has 0 bridgehead atoms. The number of benzene rings is 1. The van der Waals surface area contributed by atoms with E-state index < -0.39 is 0 Å². The molecule has 0 radical (unpaired) electrons. The summed E-state index contributed by atoms with van der Waals surface area (Å²) in [6, 6.07) is 8.27. The number of nitrogens with zero attached hydrogens (tertiary/aromatic N) is 4. The molecule has 2 aromatic heterocycles. The van der Waals surface area contributed by atoms with Gasteiger partial charge in [-0.3, -0.25) is 4.68 Å². The molecular weight excluding hydrogens is 392 g/mol. The standard InChI is InChI=1S/C24H30N4O3/c1-7-16-10-17(29-5)8-9-18(16)20-12-24(20,3)14-31-23-19(13-25-15(2)26-23)21-11-22(30-6)27-28(21)4/h8-11,13,20H,7,12,14H2,1-6H3. The first kappa shape index (κ1) is 21.2. The summed E-state index contributed by atoms with van der Waals surface area (Å²) in [6.07, 6.45) is 3.86. The van der Waals surface area contributed by atoms with Gasteiger partial charge in [-0.05, 0) is 48.9 Å². The maximum Gasteiger partial charge on any atom is 0.233 e. The largest absolute Gasteiger partial charge is 0.497 e. The molecule has 164 valence electrons. The Morgan fingerprint density at radius 1 is 1.19 bits per heavy atom. The van der Waals surface area contributed by atoms with Gasteiger partial charge in [-0.15, -0.1) is 5.10 Å². The molecule has 3 aromatic rings. The van der Waals surface area contributed by atoms with Crippen molar-refractivity contribution in [3.63, 3.8) is 0 Å². The molecule has 1 fully saturated rings. The fourth-order valence-corrected chi connectivity index (χ4v) is 4.17. The lowest BCUT2D eigenvalue weighted by molar-refractivity contribution is 0.234. The molecule has 4 rings (SSSR count). The maximum absolute atomic E-state index is 6.31. The molecule has 0 aliphatic heterocycles. The minimum absolute atomic E-state index is 0.0682. The van der Waals surface area contributed by atoms with Crippen LogP contribution in [-0.2, 0) is 13.5 Å². The van der Waals surface area contributed by atoms with Crippen molar-refractivity contribution in [2.75, 3.05) is 20.8 Å². The molecule has 1 saturated carbocycles. The highest BCUT2D eigenvalue weighted by Gasteiger charge is 2.52. The van der Waals surface area contributed by atoms with Crippen LogP contribution in [-0.4, -0.2) is 40.6 Å². The smallest absolute Gasteiger partial charge is 0.233 e. The van der Waals surface area contributed by atoms with Gasteiger partial charge in [-0.1, -0.05) is 19.9 Å². The summed E-state index contributed by atoms with van der Waals surface area (Å²) >= 11 is 0. The Bertz CT molecular complexity index is 1090. The van der Waals surface area contributed by atoms with E-state index in [9.17, 15) is 0 Å². The Kier molecular flexibility index (Phi) is 5.60. The van der Waals surface area contributed by atoms with Gasteiger partial charge < -0.3 is 14.2 Å². The second-order valence-corrected chi connectivity index (χ2v) is 8.45. The molecule has 0 amide bonds. The summed E-state index contributed by atoms with van der Waals surface area (Å²) in [5.74, 6) is 3.18. The summed E-state index contributed by atoms with van der Waals surface area (Å²) < 4.78 is 18.7. The Hall–Kier alpha value is -3.09. The Morgan fingerprint density at radius 3 is 2.68 bits per heavy atom. The Morgan fingerprint density at radius 2 is 2.00 bits per heavy atom. The van der Waals surface area contributed by atoms with Crippen LogP contribution in [0.2, 0.25) is 0 Å². The number of hydrogen-bond donors (Lipinski definition) is 0. The first-order valence-electron chi connectivity index (χ1n) is 10.6. The van der Waals surface area contributed by atoms with E-state index in [1.807, 2.05) is 20.0 Å². The third kappa shape index (κ3) is 4.09. The van der Waals surface area contributed by atoms with E-state index in [-0.39, 0.29) is 5.41 Å². The van der Waals surface area contributed by atoms with Gasteiger partial charge in [0.15, 0.2) is 0 Å². The summed E-state index contributed by atoms with van der Waals surface area (Å²) in [7, 11) is 5.19. The molecule has 1 aliphatic rings. The number of aromatic nitrogens is 4. The average molecular weight is 423 g/mol. The van der Waals surface area contributed by atoms with Crippen molar-refractivity contribution in [1.82, 2.24) is 19.7 Å². The highest BCUT2D eigenvalue weighted by molar-refractivity contribution is 5.65. The van der Waals surface area contributed by atoms with Crippen LogP contribution in [0.5, 0.6) is 17.5 Å². The number of rotatable bonds is 8. The fraction of sp³-hybridized carbons (Fsp3) is 0.458. The molecule has 1 aliphatic carbocycles. The van der Waals surface area contributed by atoms with Crippen molar-refractivity contribution >= 4 is 0 Å². The van der Waals surface area contributed by atoms with E-state index in [4.69, 9.17) is 14.2 Å². The van der Waals surface area contributed by atoms with Crippen LogP contribution < -0.4 is 14.2 Å². The van der Waals surface area contributed by atoms with Gasteiger partial charge in [0.1, 0.15) is 11.6 Å². The normalized spacial score (nSPS) is 19.9. The van der Waals surface area contributed by atoms with E-state index in [1.54, 1.807) is 25.1 Å². The highest BCUT2D eigenvalue weighted by atomic mass is 16.5. The number of hydrogen-bond acceptors (Lipinski definition) is 6. The molecular formula is C24H30N4O3. The molecule has 0 N–H and O–H groups in total. The lowest BCUT2D eigenvalue weighted by Crippen LogP contribution is -2.14. The summed E-state index contributed by atoms with van der Waals surface area (Å²) in [6.45, 7) is 6.92. The van der Waals surface area contributed by atoms with Crippen molar-refractivity contribution in [3.05, 3.63) is 47.4 Å².